The average Bonchev–Trinajstić information content (AvgIpc) is 2.82. The quantitative estimate of drug-likeness (QED) is 0.408. The van der Waals surface area contributed by atoms with Crippen LogP contribution in [0.5, 0.6) is 5.75 Å². The summed E-state index contributed by atoms with van der Waals surface area (Å²) in [4.78, 5) is 28.3. The number of aryl methyl sites for hydroxylation is 2. The second-order valence-corrected chi connectivity index (χ2v) is 10.9. The third-order valence-corrected chi connectivity index (χ3v) is 7.15. The maximum Gasteiger partial charge on any atom is 0.244 e. The largest absolute Gasteiger partial charge is 0.497 e. The Balaban J connectivity index is 2.43. The van der Waals surface area contributed by atoms with E-state index in [4.69, 9.17) is 4.74 Å². The number of ether oxygens (including phenoxy) is 1. The van der Waals surface area contributed by atoms with Crippen LogP contribution in [0.1, 0.15) is 49.8 Å². The van der Waals surface area contributed by atoms with Gasteiger partial charge in [0.05, 0.1) is 19.1 Å². The number of amides is 2. The summed E-state index contributed by atoms with van der Waals surface area (Å²) in [5.41, 5.74) is 2.99. The third kappa shape index (κ3) is 7.98. The number of benzene rings is 2. The van der Waals surface area contributed by atoms with Crippen LogP contribution in [0.2, 0.25) is 0 Å². The third-order valence-electron chi connectivity index (χ3n) is 6.03. The van der Waals surface area contributed by atoms with Gasteiger partial charge in [0.1, 0.15) is 18.3 Å². The van der Waals surface area contributed by atoms with Crippen LogP contribution < -0.4 is 14.4 Å². The zero-order chi connectivity index (χ0) is 26.9. The minimum atomic E-state index is -3.77. The molecule has 2 amide bonds. The first-order chi connectivity index (χ1) is 17.0. The number of hydrogen-bond acceptors (Lipinski definition) is 5. The van der Waals surface area contributed by atoms with Crippen molar-refractivity contribution in [2.75, 3.05) is 30.8 Å². The van der Waals surface area contributed by atoms with Gasteiger partial charge in [-0.05, 0) is 56.0 Å². The Morgan fingerprint density at radius 2 is 1.72 bits per heavy atom. The van der Waals surface area contributed by atoms with Gasteiger partial charge in [-0.15, -0.1) is 0 Å². The lowest BCUT2D eigenvalue weighted by Gasteiger charge is -2.33. The van der Waals surface area contributed by atoms with Crippen molar-refractivity contribution in [2.24, 2.45) is 0 Å². The first-order valence-electron chi connectivity index (χ1n) is 12.3. The molecule has 9 heteroatoms. The van der Waals surface area contributed by atoms with Gasteiger partial charge >= 0.3 is 0 Å². The number of nitrogens with one attached hydrogen (secondary N) is 1. The molecule has 0 radical (unpaired) electrons. The van der Waals surface area contributed by atoms with Gasteiger partial charge in [-0.1, -0.05) is 50.1 Å². The summed E-state index contributed by atoms with van der Waals surface area (Å²) in [5.74, 6) is -0.0157. The fraction of sp³-hybridized carbons (Fsp3) is 0.481. The maximum absolute atomic E-state index is 13.7. The maximum atomic E-state index is 13.7. The van der Waals surface area contributed by atoms with E-state index in [1.54, 1.807) is 25.3 Å². The highest BCUT2D eigenvalue weighted by Crippen LogP contribution is 2.24. The van der Waals surface area contributed by atoms with Crippen molar-refractivity contribution in [3.8, 4) is 5.75 Å². The number of methoxy groups -OCH3 is 1. The number of anilines is 1. The number of unbranched alkanes of at least 4 members (excludes halogenated alkanes) is 1. The van der Waals surface area contributed by atoms with E-state index in [-0.39, 0.29) is 12.5 Å². The summed E-state index contributed by atoms with van der Waals surface area (Å²) < 4.78 is 31.9. The van der Waals surface area contributed by atoms with Crippen molar-refractivity contribution in [2.45, 2.75) is 59.5 Å². The Morgan fingerprint density at radius 1 is 1.06 bits per heavy atom. The first kappa shape index (κ1) is 29.2. The van der Waals surface area contributed by atoms with Gasteiger partial charge in [-0.2, -0.15) is 0 Å². The van der Waals surface area contributed by atoms with Gasteiger partial charge in [0.25, 0.3) is 0 Å². The first-order valence-corrected chi connectivity index (χ1v) is 14.1. The monoisotopic (exact) mass is 517 g/mol. The smallest absolute Gasteiger partial charge is 0.244 e. The summed E-state index contributed by atoms with van der Waals surface area (Å²) >= 11 is 0. The second-order valence-electron chi connectivity index (χ2n) is 9.00. The lowest BCUT2D eigenvalue weighted by molar-refractivity contribution is -0.140. The fourth-order valence-electron chi connectivity index (χ4n) is 4.03. The highest BCUT2D eigenvalue weighted by molar-refractivity contribution is 7.92. The minimum Gasteiger partial charge on any atom is -0.497 e. The molecule has 0 bridgehead atoms. The van der Waals surface area contributed by atoms with Gasteiger partial charge in [0.15, 0.2) is 0 Å². The summed E-state index contributed by atoms with van der Waals surface area (Å²) in [6.45, 7) is 7.90. The van der Waals surface area contributed by atoms with Gasteiger partial charge < -0.3 is 15.0 Å². The van der Waals surface area contributed by atoms with Crippen molar-refractivity contribution in [3.63, 3.8) is 0 Å². The number of rotatable bonds is 13. The van der Waals surface area contributed by atoms with E-state index >= 15 is 0 Å². The van der Waals surface area contributed by atoms with Crippen LogP contribution in [0.15, 0.2) is 42.5 Å². The molecule has 0 saturated carbocycles. The molecule has 0 fully saturated rings. The number of sulfonamides is 1. The topological polar surface area (TPSA) is 96.0 Å². The molecule has 2 aromatic carbocycles. The number of carbonyl (C=O) groups is 2. The fourth-order valence-corrected chi connectivity index (χ4v) is 4.94. The normalized spacial score (nSPS) is 12.1. The Labute approximate surface area is 215 Å². The van der Waals surface area contributed by atoms with Crippen LogP contribution in [0.4, 0.5) is 5.69 Å². The molecule has 0 saturated heterocycles. The van der Waals surface area contributed by atoms with Crippen LogP contribution >= 0.6 is 0 Å². The molecule has 0 unspecified atom stereocenters. The van der Waals surface area contributed by atoms with Crippen LogP contribution in [0.3, 0.4) is 0 Å². The van der Waals surface area contributed by atoms with Gasteiger partial charge in [-0.25, -0.2) is 8.42 Å². The minimum absolute atomic E-state index is 0.160. The average molecular weight is 518 g/mol. The zero-order valence-corrected chi connectivity index (χ0v) is 23.0. The van der Waals surface area contributed by atoms with E-state index in [0.29, 0.717) is 24.4 Å². The van der Waals surface area contributed by atoms with Crippen molar-refractivity contribution >= 4 is 27.5 Å². The van der Waals surface area contributed by atoms with Crippen molar-refractivity contribution in [1.82, 2.24) is 10.2 Å². The van der Waals surface area contributed by atoms with E-state index in [2.05, 4.69) is 5.32 Å². The number of carbonyl (C=O) groups excluding carboxylic acids is 2. The molecule has 198 valence electrons. The molecular formula is C27H39N3O5S. The SMILES string of the molecule is CCCCNC(=O)[C@H](CC)N(Cc1ccc(OC)cc1)C(=O)CN(c1ccc(C)cc1C)S(C)(=O)=O. The highest BCUT2D eigenvalue weighted by Gasteiger charge is 2.32. The Bertz CT molecular complexity index is 1130. The molecule has 0 aliphatic heterocycles. The van der Waals surface area contributed by atoms with Crippen LogP contribution in [-0.2, 0) is 26.2 Å². The predicted octanol–water partition coefficient (Wildman–Crippen LogP) is 3.80. The van der Waals surface area contributed by atoms with E-state index in [9.17, 15) is 18.0 Å². The molecule has 0 aromatic heterocycles. The van der Waals surface area contributed by atoms with Crippen molar-refractivity contribution in [3.05, 3.63) is 59.2 Å². The van der Waals surface area contributed by atoms with Gasteiger partial charge in [0, 0.05) is 13.1 Å². The number of hydrogen-bond donors (Lipinski definition) is 1. The predicted molar refractivity (Wildman–Crippen MR) is 144 cm³/mol. The summed E-state index contributed by atoms with van der Waals surface area (Å²) in [7, 11) is -2.19. The van der Waals surface area contributed by atoms with Crippen LogP contribution in [-0.4, -0.2) is 57.6 Å². The molecule has 1 N–H and O–H groups in total. The molecule has 1 atom stereocenters. The molecule has 2 rings (SSSR count). The number of nitrogens with zero attached hydrogens (tertiary/aromatic N) is 2. The standard InChI is InChI=1S/C27H39N3O5S/c1-7-9-16-28-27(32)24(8-2)29(18-22-11-13-23(35-5)14-12-22)26(31)19-30(36(6,33)34)25-15-10-20(3)17-21(25)4/h10-15,17,24H,7-9,16,18-19H2,1-6H3,(H,28,32)/t24-/m0/s1. The lowest BCUT2D eigenvalue weighted by Crippen LogP contribution is -2.52. The van der Waals surface area contributed by atoms with Gasteiger partial charge in [0.2, 0.25) is 21.8 Å². The second kappa shape index (κ2) is 13.3. The lowest BCUT2D eigenvalue weighted by atomic mass is 10.1. The summed E-state index contributed by atoms with van der Waals surface area (Å²) in [5, 5.41) is 2.92. The highest BCUT2D eigenvalue weighted by atomic mass is 32.2. The summed E-state index contributed by atoms with van der Waals surface area (Å²) in [6.07, 6.45) is 3.25. The molecule has 36 heavy (non-hydrogen) atoms. The molecule has 8 nitrogen and oxygen atoms in total. The molecule has 0 aliphatic rings. The van der Waals surface area contributed by atoms with E-state index in [0.717, 1.165) is 40.1 Å². The summed E-state index contributed by atoms with van der Waals surface area (Å²) in [6, 6.07) is 11.9. The van der Waals surface area contributed by atoms with E-state index < -0.39 is 28.5 Å². The van der Waals surface area contributed by atoms with Crippen molar-refractivity contribution < 1.29 is 22.7 Å². The molecule has 2 aromatic rings. The van der Waals surface area contributed by atoms with Crippen LogP contribution in [0.25, 0.3) is 0 Å². The molecule has 0 heterocycles. The molecule has 0 aliphatic carbocycles. The zero-order valence-electron chi connectivity index (χ0n) is 22.2. The van der Waals surface area contributed by atoms with Gasteiger partial charge in [-0.3, -0.25) is 13.9 Å². The van der Waals surface area contributed by atoms with Crippen LogP contribution in [0, 0.1) is 13.8 Å². The van der Waals surface area contributed by atoms with E-state index in [1.165, 1.54) is 4.90 Å². The van der Waals surface area contributed by atoms with E-state index in [1.807, 2.05) is 52.0 Å². The molecular weight excluding hydrogens is 478 g/mol. The Morgan fingerprint density at radius 3 is 2.25 bits per heavy atom. The Hall–Kier alpha value is -3.07. The van der Waals surface area contributed by atoms with Crippen molar-refractivity contribution in [1.29, 1.82) is 0 Å². The Kier molecular flexibility index (Phi) is 10.8. The molecule has 0 spiro atoms.